The summed E-state index contributed by atoms with van der Waals surface area (Å²) < 4.78 is 14.4. The standard InChI is InChI=1S/C19H36N2O2Si/c1-11-22-13-17-20-16(15(2)3)12-21(17)14-19(7,8)23-24(9,10)18(4,5)6/h12H,2,11,13-14H2,1,3-10H3. The van der Waals surface area contributed by atoms with Crippen LogP contribution in [0.1, 0.15) is 60.0 Å². The third-order valence-corrected chi connectivity index (χ3v) is 9.30. The SMILES string of the molecule is C=C(C)c1cn(CC(C)(C)O[Si](C)(C)C(C)(C)C)c(COCC)n1. The lowest BCUT2D eigenvalue weighted by atomic mass is 10.1. The number of nitrogens with zero attached hydrogens (tertiary/aromatic N) is 2. The average Bonchev–Trinajstić information content (AvgIpc) is 2.76. The molecule has 4 nitrogen and oxygen atoms in total. The summed E-state index contributed by atoms with van der Waals surface area (Å²) in [4.78, 5) is 4.67. The molecule has 0 saturated heterocycles. The van der Waals surface area contributed by atoms with E-state index in [1.807, 2.05) is 13.8 Å². The first-order valence-electron chi connectivity index (χ1n) is 8.79. The molecule has 0 amide bonds. The van der Waals surface area contributed by atoms with Gasteiger partial charge in [0.25, 0.3) is 0 Å². The third kappa shape index (κ3) is 5.57. The zero-order valence-corrected chi connectivity index (χ0v) is 18.1. The maximum Gasteiger partial charge on any atom is 0.192 e. The molecule has 0 aliphatic rings. The number of allylic oxidation sites excluding steroid dienone is 1. The highest BCUT2D eigenvalue weighted by Gasteiger charge is 2.41. The Kier molecular flexibility index (Phi) is 6.64. The molecule has 0 fully saturated rings. The van der Waals surface area contributed by atoms with Crippen molar-refractivity contribution < 1.29 is 9.16 Å². The summed E-state index contributed by atoms with van der Waals surface area (Å²) in [7, 11) is -1.83. The molecular weight excluding hydrogens is 316 g/mol. The summed E-state index contributed by atoms with van der Waals surface area (Å²) in [6.45, 7) is 25.7. The normalized spacial score (nSPS) is 13.4. The molecule has 0 aromatic carbocycles. The van der Waals surface area contributed by atoms with Crippen molar-refractivity contribution in [1.82, 2.24) is 9.55 Å². The van der Waals surface area contributed by atoms with Crippen molar-refractivity contribution in [3.8, 4) is 0 Å². The molecule has 1 aromatic rings. The Morgan fingerprint density at radius 1 is 1.25 bits per heavy atom. The van der Waals surface area contributed by atoms with E-state index in [9.17, 15) is 0 Å². The molecule has 1 aromatic heterocycles. The fourth-order valence-electron chi connectivity index (χ4n) is 2.39. The van der Waals surface area contributed by atoms with Crippen LogP contribution in [0.5, 0.6) is 0 Å². The predicted octanol–water partition coefficient (Wildman–Crippen LogP) is 5.25. The summed E-state index contributed by atoms with van der Waals surface area (Å²) in [5, 5.41) is 0.191. The van der Waals surface area contributed by atoms with E-state index in [0.29, 0.717) is 13.2 Å². The Morgan fingerprint density at radius 3 is 2.29 bits per heavy atom. The maximum absolute atomic E-state index is 6.65. The highest BCUT2D eigenvalue weighted by Crippen LogP contribution is 2.39. The number of hydrogen-bond acceptors (Lipinski definition) is 3. The van der Waals surface area contributed by atoms with Crippen LogP contribution in [0.3, 0.4) is 0 Å². The number of rotatable bonds is 8. The van der Waals surface area contributed by atoms with Gasteiger partial charge in [0.15, 0.2) is 8.32 Å². The average molecular weight is 353 g/mol. The molecule has 0 aliphatic carbocycles. The molecule has 24 heavy (non-hydrogen) atoms. The van der Waals surface area contributed by atoms with Crippen molar-refractivity contribution in [2.24, 2.45) is 0 Å². The molecule has 0 N–H and O–H groups in total. The van der Waals surface area contributed by atoms with E-state index in [2.05, 4.69) is 70.0 Å². The quantitative estimate of drug-likeness (QED) is 0.599. The topological polar surface area (TPSA) is 36.3 Å². The van der Waals surface area contributed by atoms with E-state index < -0.39 is 8.32 Å². The van der Waals surface area contributed by atoms with Gasteiger partial charge in [0.2, 0.25) is 0 Å². The first kappa shape index (κ1) is 21.1. The lowest BCUT2D eigenvalue weighted by Gasteiger charge is -2.43. The van der Waals surface area contributed by atoms with Crippen LogP contribution in [0.15, 0.2) is 12.8 Å². The molecule has 0 saturated carbocycles. The summed E-state index contributed by atoms with van der Waals surface area (Å²) in [6.07, 6.45) is 2.06. The zero-order valence-electron chi connectivity index (χ0n) is 17.1. The lowest BCUT2D eigenvalue weighted by Crippen LogP contribution is -2.49. The Morgan fingerprint density at radius 2 is 1.83 bits per heavy atom. The van der Waals surface area contributed by atoms with Gasteiger partial charge in [-0.15, -0.1) is 0 Å². The smallest absolute Gasteiger partial charge is 0.192 e. The van der Waals surface area contributed by atoms with Crippen LogP contribution in [-0.2, 0) is 22.3 Å². The Balaban J connectivity index is 3.02. The Labute approximate surface area is 149 Å². The Bertz CT molecular complexity index is 568. The van der Waals surface area contributed by atoms with Crippen LogP contribution in [-0.4, -0.2) is 30.1 Å². The fraction of sp³-hybridized carbons (Fsp3) is 0.737. The molecule has 1 rings (SSSR count). The number of ether oxygens (including phenoxy) is 1. The number of imidazole rings is 1. The van der Waals surface area contributed by atoms with Gasteiger partial charge >= 0.3 is 0 Å². The van der Waals surface area contributed by atoms with Gasteiger partial charge in [0, 0.05) is 12.8 Å². The van der Waals surface area contributed by atoms with Crippen LogP contribution in [0.4, 0.5) is 0 Å². The Hall–Kier alpha value is -0.913. The van der Waals surface area contributed by atoms with E-state index in [0.717, 1.165) is 23.6 Å². The van der Waals surface area contributed by atoms with Crippen LogP contribution in [0.25, 0.3) is 5.57 Å². The highest BCUT2D eigenvalue weighted by molar-refractivity contribution is 6.74. The van der Waals surface area contributed by atoms with Crippen LogP contribution in [0, 0.1) is 0 Å². The van der Waals surface area contributed by atoms with Crippen LogP contribution in [0.2, 0.25) is 18.1 Å². The fourth-order valence-corrected chi connectivity index (χ4v) is 4.14. The summed E-state index contributed by atoms with van der Waals surface area (Å²) >= 11 is 0. The van der Waals surface area contributed by atoms with E-state index in [-0.39, 0.29) is 10.6 Å². The highest BCUT2D eigenvalue weighted by atomic mass is 28.4. The van der Waals surface area contributed by atoms with Crippen molar-refractivity contribution >= 4 is 13.9 Å². The zero-order chi connectivity index (χ0) is 18.8. The van der Waals surface area contributed by atoms with Gasteiger partial charge in [-0.3, -0.25) is 0 Å². The van der Waals surface area contributed by atoms with Crippen LogP contribution < -0.4 is 0 Å². The molecule has 0 atom stereocenters. The molecule has 0 bridgehead atoms. The molecule has 138 valence electrons. The summed E-state index contributed by atoms with van der Waals surface area (Å²) in [6, 6.07) is 0. The molecule has 1 heterocycles. The predicted molar refractivity (Wildman–Crippen MR) is 105 cm³/mol. The van der Waals surface area contributed by atoms with Crippen LogP contribution >= 0.6 is 0 Å². The number of aromatic nitrogens is 2. The second kappa shape index (κ2) is 7.54. The van der Waals surface area contributed by atoms with Crippen molar-refractivity contribution in [3.05, 3.63) is 24.3 Å². The van der Waals surface area contributed by atoms with E-state index in [1.54, 1.807) is 0 Å². The largest absolute Gasteiger partial charge is 0.410 e. The van der Waals surface area contributed by atoms with Gasteiger partial charge in [-0.1, -0.05) is 27.4 Å². The minimum Gasteiger partial charge on any atom is -0.410 e. The van der Waals surface area contributed by atoms with Gasteiger partial charge in [0.05, 0.1) is 17.8 Å². The maximum atomic E-state index is 6.65. The summed E-state index contributed by atoms with van der Waals surface area (Å²) in [5.41, 5.74) is 1.62. The molecule has 0 unspecified atom stereocenters. The molecule has 5 heteroatoms. The van der Waals surface area contributed by atoms with Crippen molar-refractivity contribution in [3.63, 3.8) is 0 Å². The van der Waals surface area contributed by atoms with Gasteiger partial charge in [0.1, 0.15) is 12.4 Å². The van der Waals surface area contributed by atoms with Gasteiger partial charge in [-0.25, -0.2) is 4.98 Å². The van der Waals surface area contributed by atoms with E-state index >= 15 is 0 Å². The summed E-state index contributed by atoms with van der Waals surface area (Å²) in [5.74, 6) is 0.932. The monoisotopic (exact) mass is 352 g/mol. The molecule has 0 spiro atoms. The third-order valence-electron chi connectivity index (χ3n) is 4.62. The van der Waals surface area contributed by atoms with Crippen molar-refractivity contribution in [2.75, 3.05) is 6.61 Å². The first-order valence-corrected chi connectivity index (χ1v) is 11.7. The molecule has 0 radical (unpaired) electrons. The van der Waals surface area contributed by atoms with Gasteiger partial charge in [-0.05, 0) is 51.4 Å². The first-order chi connectivity index (χ1) is 10.8. The van der Waals surface area contributed by atoms with E-state index in [1.165, 1.54) is 0 Å². The molecular formula is C19H36N2O2Si. The van der Waals surface area contributed by atoms with Crippen molar-refractivity contribution in [2.45, 2.75) is 85.4 Å². The minimum atomic E-state index is -1.83. The molecule has 0 aliphatic heterocycles. The second-order valence-electron chi connectivity index (χ2n) is 8.71. The minimum absolute atomic E-state index is 0.191. The van der Waals surface area contributed by atoms with E-state index in [4.69, 9.17) is 9.16 Å². The van der Waals surface area contributed by atoms with Crippen molar-refractivity contribution in [1.29, 1.82) is 0 Å². The lowest BCUT2D eigenvalue weighted by molar-refractivity contribution is 0.0676. The van der Waals surface area contributed by atoms with Gasteiger partial charge < -0.3 is 13.7 Å². The number of hydrogen-bond donors (Lipinski definition) is 0. The second-order valence-corrected chi connectivity index (χ2v) is 13.4. The van der Waals surface area contributed by atoms with Gasteiger partial charge in [-0.2, -0.15) is 0 Å².